The summed E-state index contributed by atoms with van der Waals surface area (Å²) in [5, 5.41) is 8.46. The zero-order chi connectivity index (χ0) is 12.9. The van der Waals surface area contributed by atoms with Gasteiger partial charge in [-0.25, -0.2) is 4.79 Å². The van der Waals surface area contributed by atoms with Crippen LogP contribution in [0, 0.1) is 5.41 Å². The maximum atomic E-state index is 11.7. The predicted molar refractivity (Wildman–Crippen MR) is 65.6 cm³/mol. The highest BCUT2D eigenvalue weighted by molar-refractivity contribution is 5.93. The van der Waals surface area contributed by atoms with E-state index in [9.17, 15) is 9.59 Å². The number of likely N-dealkylation sites (tertiary alicyclic amines) is 1. The molecule has 0 aromatic carbocycles. The topological polar surface area (TPSA) is 57.6 Å². The molecule has 0 radical (unpaired) electrons. The van der Waals surface area contributed by atoms with Crippen molar-refractivity contribution in [3.05, 3.63) is 12.2 Å². The number of hydrogen-bond acceptors (Lipinski definition) is 2. The van der Waals surface area contributed by atoms with Crippen LogP contribution in [0.4, 0.5) is 0 Å². The molecule has 1 aliphatic heterocycles. The van der Waals surface area contributed by atoms with Crippen LogP contribution in [0.5, 0.6) is 0 Å². The van der Waals surface area contributed by atoms with Crippen molar-refractivity contribution in [3.8, 4) is 0 Å². The standard InChI is InChI=1S/C13H21NO3/c1-3-13(4-2)7-9-14(10-8-13)11(15)5-6-12(16)17/h5-6H,3-4,7-10H2,1-2H3,(H,16,17). The first-order chi connectivity index (χ1) is 8.03. The molecule has 96 valence electrons. The lowest BCUT2D eigenvalue weighted by Gasteiger charge is -2.40. The molecule has 0 atom stereocenters. The molecule has 0 aromatic rings. The molecule has 0 bridgehead atoms. The van der Waals surface area contributed by atoms with Crippen LogP contribution in [-0.2, 0) is 9.59 Å². The van der Waals surface area contributed by atoms with Crippen molar-refractivity contribution in [1.29, 1.82) is 0 Å². The molecule has 1 amide bonds. The zero-order valence-corrected chi connectivity index (χ0v) is 10.6. The van der Waals surface area contributed by atoms with Gasteiger partial charge in [0.2, 0.25) is 5.91 Å². The third kappa shape index (κ3) is 3.58. The quantitative estimate of drug-likeness (QED) is 0.764. The summed E-state index contributed by atoms with van der Waals surface area (Å²) in [5.41, 5.74) is 0.382. The number of carboxylic acid groups (broad SMARTS) is 1. The van der Waals surface area contributed by atoms with Crippen LogP contribution >= 0.6 is 0 Å². The molecule has 1 fully saturated rings. The van der Waals surface area contributed by atoms with Crippen LogP contribution < -0.4 is 0 Å². The average molecular weight is 239 g/mol. The number of nitrogens with zero attached hydrogens (tertiary/aromatic N) is 1. The van der Waals surface area contributed by atoms with Gasteiger partial charge in [-0.15, -0.1) is 0 Å². The molecular formula is C13H21NO3. The van der Waals surface area contributed by atoms with Crippen LogP contribution in [0.2, 0.25) is 0 Å². The largest absolute Gasteiger partial charge is 0.478 e. The molecule has 0 aromatic heterocycles. The summed E-state index contributed by atoms with van der Waals surface area (Å²) in [7, 11) is 0. The Balaban J connectivity index is 2.52. The number of piperidine rings is 1. The fourth-order valence-electron chi connectivity index (χ4n) is 2.41. The number of carbonyl (C=O) groups is 2. The molecule has 1 heterocycles. The van der Waals surface area contributed by atoms with Crippen molar-refractivity contribution in [2.75, 3.05) is 13.1 Å². The van der Waals surface area contributed by atoms with E-state index in [1.165, 1.54) is 0 Å². The van der Waals surface area contributed by atoms with E-state index in [4.69, 9.17) is 5.11 Å². The van der Waals surface area contributed by atoms with E-state index in [1.807, 2.05) is 0 Å². The third-order valence-corrected chi connectivity index (χ3v) is 4.00. The summed E-state index contributed by atoms with van der Waals surface area (Å²) in [4.78, 5) is 23.7. The summed E-state index contributed by atoms with van der Waals surface area (Å²) >= 11 is 0. The lowest BCUT2D eigenvalue weighted by molar-refractivity contribution is -0.132. The van der Waals surface area contributed by atoms with Crippen molar-refractivity contribution in [3.63, 3.8) is 0 Å². The van der Waals surface area contributed by atoms with Gasteiger partial charge in [0.05, 0.1) is 0 Å². The Morgan fingerprint density at radius 3 is 2.12 bits per heavy atom. The van der Waals surface area contributed by atoms with Gasteiger partial charge >= 0.3 is 5.97 Å². The second-order valence-electron chi connectivity index (χ2n) is 4.70. The first-order valence-corrected chi connectivity index (χ1v) is 6.23. The van der Waals surface area contributed by atoms with Crippen LogP contribution in [0.3, 0.4) is 0 Å². The number of aliphatic carboxylic acids is 1. The molecule has 4 heteroatoms. The highest BCUT2D eigenvalue weighted by Crippen LogP contribution is 2.37. The summed E-state index contributed by atoms with van der Waals surface area (Å²) in [6.07, 6.45) is 6.39. The van der Waals surface area contributed by atoms with E-state index in [-0.39, 0.29) is 5.91 Å². The fourth-order valence-corrected chi connectivity index (χ4v) is 2.41. The van der Waals surface area contributed by atoms with E-state index in [2.05, 4.69) is 13.8 Å². The molecule has 17 heavy (non-hydrogen) atoms. The van der Waals surface area contributed by atoms with E-state index < -0.39 is 5.97 Å². The highest BCUT2D eigenvalue weighted by Gasteiger charge is 2.32. The molecule has 4 nitrogen and oxygen atoms in total. The molecule has 0 spiro atoms. The minimum atomic E-state index is -1.08. The van der Waals surface area contributed by atoms with Crippen molar-refractivity contribution in [2.24, 2.45) is 5.41 Å². The number of hydrogen-bond donors (Lipinski definition) is 1. The Labute approximate surface area is 102 Å². The van der Waals surface area contributed by atoms with Gasteiger partial charge < -0.3 is 10.0 Å². The molecule has 1 saturated heterocycles. The first-order valence-electron chi connectivity index (χ1n) is 6.23. The Hall–Kier alpha value is -1.32. The van der Waals surface area contributed by atoms with E-state index in [1.54, 1.807) is 4.90 Å². The van der Waals surface area contributed by atoms with Crippen molar-refractivity contribution in [2.45, 2.75) is 39.5 Å². The molecule has 0 aliphatic carbocycles. The number of carbonyl (C=O) groups excluding carboxylic acids is 1. The van der Waals surface area contributed by atoms with Gasteiger partial charge in [0, 0.05) is 25.2 Å². The third-order valence-electron chi connectivity index (χ3n) is 4.00. The molecule has 1 rings (SSSR count). The minimum absolute atomic E-state index is 0.187. The molecule has 1 aliphatic rings. The Morgan fingerprint density at radius 2 is 1.71 bits per heavy atom. The summed E-state index contributed by atoms with van der Waals surface area (Å²) in [6.45, 7) is 5.88. The van der Waals surface area contributed by atoms with Gasteiger partial charge in [-0.2, -0.15) is 0 Å². The van der Waals surface area contributed by atoms with Gasteiger partial charge in [-0.1, -0.05) is 26.7 Å². The zero-order valence-electron chi connectivity index (χ0n) is 10.6. The van der Waals surface area contributed by atoms with Crippen molar-refractivity contribution >= 4 is 11.9 Å². The highest BCUT2D eigenvalue weighted by atomic mass is 16.4. The minimum Gasteiger partial charge on any atom is -0.478 e. The normalized spacial score (nSPS) is 19.5. The summed E-state index contributed by atoms with van der Waals surface area (Å²) in [5.74, 6) is -1.26. The maximum Gasteiger partial charge on any atom is 0.328 e. The number of amides is 1. The Kier molecular flexibility index (Phi) is 4.73. The van der Waals surface area contributed by atoms with Gasteiger partial charge in [0.1, 0.15) is 0 Å². The van der Waals surface area contributed by atoms with E-state index >= 15 is 0 Å². The van der Waals surface area contributed by atoms with Gasteiger partial charge in [-0.3, -0.25) is 4.79 Å². The van der Waals surface area contributed by atoms with Crippen LogP contribution in [0.15, 0.2) is 12.2 Å². The van der Waals surface area contributed by atoms with Crippen LogP contribution in [-0.4, -0.2) is 35.0 Å². The van der Waals surface area contributed by atoms with Gasteiger partial charge in [0.15, 0.2) is 0 Å². The Bertz CT molecular complexity index is 309. The summed E-state index contributed by atoms with van der Waals surface area (Å²) in [6, 6.07) is 0. The second kappa shape index (κ2) is 5.84. The fraction of sp³-hybridized carbons (Fsp3) is 0.692. The van der Waals surface area contributed by atoms with E-state index in [0.29, 0.717) is 5.41 Å². The van der Waals surface area contributed by atoms with Crippen LogP contribution in [0.1, 0.15) is 39.5 Å². The van der Waals surface area contributed by atoms with Gasteiger partial charge in [-0.05, 0) is 18.3 Å². The SMILES string of the molecule is CCC1(CC)CCN(C(=O)C=CC(=O)O)CC1. The average Bonchev–Trinajstić information content (AvgIpc) is 2.36. The van der Waals surface area contributed by atoms with Crippen LogP contribution in [0.25, 0.3) is 0 Å². The Morgan fingerprint density at radius 1 is 1.18 bits per heavy atom. The lowest BCUT2D eigenvalue weighted by atomic mass is 9.74. The first kappa shape index (κ1) is 13.7. The second-order valence-corrected chi connectivity index (χ2v) is 4.70. The monoisotopic (exact) mass is 239 g/mol. The molecule has 1 N–H and O–H groups in total. The number of rotatable bonds is 4. The van der Waals surface area contributed by atoms with Crippen molar-refractivity contribution in [1.82, 2.24) is 4.90 Å². The maximum absolute atomic E-state index is 11.7. The van der Waals surface area contributed by atoms with E-state index in [0.717, 1.165) is 50.9 Å². The predicted octanol–water partition coefficient (Wildman–Crippen LogP) is 2.06. The smallest absolute Gasteiger partial charge is 0.328 e. The lowest BCUT2D eigenvalue weighted by Crippen LogP contribution is -2.42. The molecular weight excluding hydrogens is 218 g/mol. The molecule has 0 saturated carbocycles. The van der Waals surface area contributed by atoms with Crippen molar-refractivity contribution < 1.29 is 14.7 Å². The summed E-state index contributed by atoms with van der Waals surface area (Å²) < 4.78 is 0. The van der Waals surface area contributed by atoms with Gasteiger partial charge in [0.25, 0.3) is 0 Å². The molecule has 0 unspecified atom stereocenters. The number of carboxylic acids is 1.